The Morgan fingerprint density at radius 1 is 1.13 bits per heavy atom. The smallest absolute Gasteiger partial charge is 0.219 e. The van der Waals surface area contributed by atoms with Gasteiger partial charge in [0, 0.05) is 29.7 Å². The largest absolute Gasteiger partial charge is 0.481 e. The molecule has 30 heavy (non-hydrogen) atoms. The van der Waals surface area contributed by atoms with Crippen LogP contribution in [0.2, 0.25) is 0 Å². The number of aromatic nitrogens is 1. The maximum absolute atomic E-state index is 13.5. The van der Waals surface area contributed by atoms with E-state index in [9.17, 15) is 19.7 Å². The Morgan fingerprint density at radius 2 is 1.80 bits per heavy atom. The minimum atomic E-state index is -0.938. The monoisotopic (exact) mass is 419 g/mol. The summed E-state index contributed by atoms with van der Waals surface area (Å²) < 4.78 is 18.9. The zero-order chi connectivity index (χ0) is 22.3. The Balaban J connectivity index is 2.63. The van der Waals surface area contributed by atoms with E-state index in [1.54, 1.807) is 24.3 Å². The molecule has 2 aromatic rings. The molecule has 2 rings (SSSR count). The quantitative estimate of drug-likeness (QED) is 0.472. The van der Waals surface area contributed by atoms with Crippen LogP contribution in [0.1, 0.15) is 49.4 Å². The fraction of sp³-hybridized carbons (Fsp3) is 0.435. The Bertz CT molecular complexity index is 852. The first-order valence-corrected chi connectivity index (χ1v) is 9.95. The lowest BCUT2D eigenvalue weighted by Crippen LogP contribution is -2.17. The third kappa shape index (κ3) is 5.86. The Morgan fingerprint density at radius 3 is 2.33 bits per heavy atom. The topological polar surface area (TPSA) is 103 Å². The minimum absolute atomic E-state index is 0.00242. The Labute approximate surface area is 176 Å². The summed E-state index contributed by atoms with van der Waals surface area (Å²) in [7, 11) is 1.47. The summed E-state index contributed by atoms with van der Waals surface area (Å²) in [6.45, 7) is 3.44. The number of pyridine rings is 1. The third-order valence-electron chi connectivity index (χ3n) is 4.82. The lowest BCUT2D eigenvalue weighted by Gasteiger charge is -2.20. The average molecular weight is 419 g/mol. The van der Waals surface area contributed by atoms with Crippen molar-refractivity contribution in [3.05, 3.63) is 53.0 Å². The SMILES string of the molecule is COc1nc(C(C)C)c(C=C[C@@H](O)C[C@@H](O)CCO)c(-c2ccc(F)cc2)c1CO. The van der Waals surface area contributed by atoms with Crippen molar-refractivity contribution < 1.29 is 29.6 Å². The summed E-state index contributed by atoms with van der Waals surface area (Å²) in [5, 5.41) is 39.1. The maximum Gasteiger partial charge on any atom is 0.219 e. The highest BCUT2D eigenvalue weighted by Crippen LogP contribution is 2.38. The van der Waals surface area contributed by atoms with Crippen molar-refractivity contribution in [3.63, 3.8) is 0 Å². The van der Waals surface area contributed by atoms with Crippen LogP contribution in [0.4, 0.5) is 4.39 Å². The standard InChI is InChI=1S/C23H30FNO5/c1-14(2)22-19(9-8-17(28)12-18(29)10-11-26)21(15-4-6-16(24)7-5-15)20(13-27)23(25-22)30-3/h4-9,14,17-18,26-29H,10-13H2,1-3H3/t17-,18+/m1/s1. The summed E-state index contributed by atoms with van der Waals surface area (Å²) in [5.74, 6) is -0.0843. The molecule has 0 aliphatic rings. The van der Waals surface area contributed by atoms with Crippen molar-refractivity contribution in [2.24, 2.45) is 0 Å². The first-order chi connectivity index (χ1) is 14.3. The zero-order valence-corrected chi connectivity index (χ0v) is 17.5. The summed E-state index contributed by atoms with van der Waals surface area (Å²) in [5.41, 5.74) is 3.16. The molecule has 0 spiro atoms. The number of aliphatic hydroxyl groups excluding tert-OH is 4. The second kappa shape index (κ2) is 11.2. The summed E-state index contributed by atoms with van der Waals surface area (Å²) >= 11 is 0. The maximum atomic E-state index is 13.5. The van der Waals surface area contributed by atoms with E-state index in [1.807, 2.05) is 13.8 Å². The molecule has 0 radical (unpaired) electrons. The number of halogens is 1. The van der Waals surface area contributed by atoms with E-state index >= 15 is 0 Å². The molecule has 0 unspecified atom stereocenters. The van der Waals surface area contributed by atoms with Gasteiger partial charge in [-0.3, -0.25) is 0 Å². The van der Waals surface area contributed by atoms with Crippen LogP contribution in [0, 0.1) is 5.82 Å². The molecule has 4 N–H and O–H groups in total. The van der Waals surface area contributed by atoms with Crippen molar-refractivity contribution in [3.8, 4) is 17.0 Å². The first kappa shape index (κ1) is 24.0. The van der Waals surface area contributed by atoms with Crippen LogP contribution in [0.3, 0.4) is 0 Å². The van der Waals surface area contributed by atoms with Crippen molar-refractivity contribution >= 4 is 6.08 Å². The van der Waals surface area contributed by atoms with Crippen molar-refractivity contribution in [2.75, 3.05) is 13.7 Å². The number of aliphatic hydroxyl groups is 4. The van der Waals surface area contributed by atoms with Gasteiger partial charge in [0.2, 0.25) is 5.88 Å². The molecular formula is C23H30FNO5. The Kier molecular flexibility index (Phi) is 8.92. The third-order valence-corrected chi connectivity index (χ3v) is 4.82. The van der Waals surface area contributed by atoms with Gasteiger partial charge < -0.3 is 25.2 Å². The number of nitrogens with zero attached hydrogens (tertiary/aromatic N) is 1. The van der Waals surface area contributed by atoms with E-state index in [-0.39, 0.29) is 43.7 Å². The lowest BCUT2D eigenvalue weighted by atomic mass is 9.90. The predicted octanol–water partition coefficient (Wildman–Crippen LogP) is 3.02. The van der Waals surface area contributed by atoms with Gasteiger partial charge in [0.1, 0.15) is 5.82 Å². The Hall–Kier alpha value is -2.32. The molecule has 2 atom stereocenters. The molecule has 164 valence electrons. The predicted molar refractivity (Wildman–Crippen MR) is 114 cm³/mol. The van der Waals surface area contributed by atoms with Crippen LogP contribution in [0.5, 0.6) is 5.88 Å². The van der Waals surface area contributed by atoms with Gasteiger partial charge in [-0.1, -0.05) is 38.1 Å². The number of methoxy groups -OCH3 is 1. The molecule has 0 bridgehead atoms. The fourth-order valence-corrected chi connectivity index (χ4v) is 3.34. The molecule has 1 heterocycles. The summed E-state index contributed by atoms with van der Waals surface area (Å²) in [6.07, 6.45) is 1.75. The number of benzene rings is 1. The normalized spacial score (nSPS) is 13.8. The van der Waals surface area contributed by atoms with Crippen molar-refractivity contribution in [1.82, 2.24) is 4.98 Å². The zero-order valence-electron chi connectivity index (χ0n) is 17.5. The molecule has 1 aromatic heterocycles. The summed E-state index contributed by atoms with van der Waals surface area (Å²) in [6, 6.07) is 5.91. The molecule has 6 nitrogen and oxygen atoms in total. The van der Waals surface area contributed by atoms with E-state index in [1.165, 1.54) is 19.2 Å². The van der Waals surface area contributed by atoms with Gasteiger partial charge in [-0.15, -0.1) is 0 Å². The average Bonchev–Trinajstić information content (AvgIpc) is 2.71. The highest BCUT2D eigenvalue weighted by Gasteiger charge is 2.22. The second-order valence-corrected chi connectivity index (χ2v) is 7.42. The molecule has 0 aliphatic carbocycles. The van der Waals surface area contributed by atoms with Crippen molar-refractivity contribution in [1.29, 1.82) is 0 Å². The van der Waals surface area contributed by atoms with Gasteiger partial charge in [-0.2, -0.15) is 0 Å². The molecule has 0 saturated carbocycles. The van der Waals surface area contributed by atoms with Crippen LogP contribution in [-0.2, 0) is 6.61 Å². The number of hydrogen-bond donors (Lipinski definition) is 4. The van der Waals surface area contributed by atoms with Crippen LogP contribution in [0.15, 0.2) is 30.3 Å². The highest BCUT2D eigenvalue weighted by atomic mass is 19.1. The van der Waals surface area contributed by atoms with Crippen molar-refractivity contribution in [2.45, 2.75) is 51.4 Å². The van der Waals surface area contributed by atoms with Crippen LogP contribution >= 0.6 is 0 Å². The highest BCUT2D eigenvalue weighted by molar-refractivity contribution is 5.81. The number of rotatable bonds is 10. The van der Waals surface area contributed by atoms with Gasteiger partial charge in [0.05, 0.1) is 31.6 Å². The van der Waals surface area contributed by atoms with Gasteiger partial charge in [0.25, 0.3) is 0 Å². The molecular weight excluding hydrogens is 389 g/mol. The molecule has 0 saturated heterocycles. The van der Waals surface area contributed by atoms with Gasteiger partial charge in [0.15, 0.2) is 0 Å². The van der Waals surface area contributed by atoms with Gasteiger partial charge >= 0.3 is 0 Å². The van der Waals surface area contributed by atoms with E-state index in [0.717, 1.165) is 0 Å². The minimum Gasteiger partial charge on any atom is -0.481 e. The van der Waals surface area contributed by atoms with E-state index in [4.69, 9.17) is 9.84 Å². The van der Waals surface area contributed by atoms with E-state index < -0.39 is 12.2 Å². The first-order valence-electron chi connectivity index (χ1n) is 9.95. The molecule has 1 aromatic carbocycles. The summed E-state index contributed by atoms with van der Waals surface area (Å²) in [4.78, 5) is 4.56. The lowest BCUT2D eigenvalue weighted by molar-refractivity contribution is 0.0827. The van der Waals surface area contributed by atoms with Crippen LogP contribution in [0.25, 0.3) is 17.2 Å². The van der Waals surface area contributed by atoms with Gasteiger partial charge in [-0.05, 0) is 30.0 Å². The molecule has 7 heteroatoms. The molecule has 0 fully saturated rings. The van der Waals surface area contributed by atoms with Crippen LogP contribution in [-0.4, -0.2) is 51.3 Å². The van der Waals surface area contributed by atoms with E-state index in [2.05, 4.69) is 4.98 Å². The molecule has 0 aliphatic heterocycles. The number of ether oxygens (including phenoxy) is 1. The van der Waals surface area contributed by atoms with E-state index in [0.29, 0.717) is 27.9 Å². The second-order valence-electron chi connectivity index (χ2n) is 7.42. The molecule has 0 amide bonds. The number of hydrogen-bond acceptors (Lipinski definition) is 6. The van der Waals surface area contributed by atoms with Gasteiger partial charge in [-0.25, -0.2) is 9.37 Å². The van der Waals surface area contributed by atoms with Crippen LogP contribution < -0.4 is 4.74 Å². The fourth-order valence-electron chi connectivity index (χ4n) is 3.34.